The van der Waals surface area contributed by atoms with Crippen LogP contribution in [0.4, 0.5) is 0 Å². The van der Waals surface area contributed by atoms with Crippen LogP contribution in [0.3, 0.4) is 0 Å². The van der Waals surface area contributed by atoms with Crippen LogP contribution in [0.2, 0.25) is 0 Å². The lowest BCUT2D eigenvalue weighted by molar-refractivity contribution is -0.145. The van der Waals surface area contributed by atoms with E-state index in [-0.39, 0.29) is 12.4 Å². The summed E-state index contributed by atoms with van der Waals surface area (Å²) in [5.74, 6) is 0.534. The Morgan fingerprint density at radius 1 is 1.41 bits per heavy atom. The van der Waals surface area contributed by atoms with Gasteiger partial charge in [0.25, 0.3) is 0 Å². The summed E-state index contributed by atoms with van der Waals surface area (Å²) in [4.78, 5) is 11.5. The third kappa shape index (κ3) is 4.03. The average Bonchev–Trinajstić information content (AvgIpc) is 2.32. The number of carbonyl (C=O) groups excluding carboxylic acids is 1. The summed E-state index contributed by atoms with van der Waals surface area (Å²) in [5.41, 5.74) is -0.448. The van der Waals surface area contributed by atoms with Gasteiger partial charge in [0, 0.05) is 0 Å². The van der Waals surface area contributed by atoms with Crippen LogP contribution in [0, 0.1) is 22.7 Å². The van der Waals surface area contributed by atoms with E-state index in [1.54, 1.807) is 6.92 Å². The zero-order chi connectivity index (χ0) is 12.7. The zero-order valence-electron chi connectivity index (χ0n) is 11.0. The molecule has 3 heteroatoms. The zero-order valence-corrected chi connectivity index (χ0v) is 11.0. The molecule has 1 aliphatic carbocycles. The predicted molar refractivity (Wildman–Crippen MR) is 66.2 cm³/mol. The summed E-state index contributed by atoms with van der Waals surface area (Å²) in [6.45, 7) is 4.40. The lowest BCUT2D eigenvalue weighted by Gasteiger charge is -2.34. The summed E-state index contributed by atoms with van der Waals surface area (Å²) in [6, 6.07) is 2.37. The minimum Gasteiger partial charge on any atom is -0.466 e. The highest BCUT2D eigenvalue weighted by Gasteiger charge is 2.37. The molecular formula is C14H23NO2. The number of ether oxygens (including phenoxy) is 1. The fraction of sp³-hybridized carbons (Fsp3) is 0.857. The van der Waals surface area contributed by atoms with Crippen LogP contribution in [-0.2, 0) is 9.53 Å². The number of nitrogens with zero attached hydrogens (tertiary/aromatic N) is 1. The Kier molecular flexibility index (Phi) is 5.47. The molecule has 1 rings (SSSR count). The fourth-order valence-electron chi connectivity index (χ4n) is 2.74. The van der Waals surface area contributed by atoms with E-state index in [4.69, 9.17) is 4.74 Å². The second kappa shape index (κ2) is 6.64. The highest BCUT2D eigenvalue weighted by atomic mass is 16.5. The molecule has 0 aromatic heterocycles. The van der Waals surface area contributed by atoms with Crippen LogP contribution in [0.5, 0.6) is 0 Å². The average molecular weight is 237 g/mol. The maximum atomic E-state index is 11.5. The van der Waals surface area contributed by atoms with E-state index in [1.807, 2.05) is 0 Å². The van der Waals surface area contributed by atoms with Crippen LogP contribution >= 0.6 is 0 Å². The molecule has 1 aliphatic rings. The van der Waals surface area contributed by atoms with Crippen molar-refractivity contribution in [3.8, 4) is 6.07 Å². The molecule has 0 heterocycles. The molecule has 0 saturated heterocycles. The maximum absolute atomic E-state index is 11.5. The third-order valence-corrected chi connectivity index (χ3v) is 3.78. The van der Waals surface area contributed by atoms with E-state index in [1.165, 1.54) is 12.8 Å². The summed E-state index contributed by atoms with van der Waals surface area (Å²) < 4.78 is 4.96. The number of esters is 1. The van der Waals surface area contributed by atoms with E-state index in [2.05, 4.69) is 13.0 Å². The van der Waals surface area contributed by atoms with Gasteiger partial charge in [0.15, 0.2) is 0 Å². The molecule has 0 spiro atoms. The lowest BCUT2D eigenvalue weighted by atomic mass is 9.69. The van der Waals surface area contributed by atoms with Gasteiger partial charge >= 0.3 is 5.97 Å². The van der Waals surface area contributed by atoms with E-state index in [0.29, 0.717) is 6.61 Å². The number of hydrogen-bond acceptors (Lipinski definition) is 3. The van der Waals surface area contributed by atoms with Gasteiger partial charge < -0.3 is 4.74 Å². The Bertz CT molecular complexity index is 285. The van der Waals surface area contributed by atoms with Crippen molar-refractivity contribution in [3.63, 3.8) is 0 Å². The first-order valence-electron chi connectivity index (χ1n) is 6.72. The molecule has 0 amide bonds. The summed E-state index contributed by atoms with van der Waals surface area (Å²) in [6.07, 6.45) is 6.61. The van der Waals surface area contributed by atoms with Crippen LogP contribution in [0.25, 0.3) is 0 Å². The topological polar surface area (TPSA) is 50.1 Å². The first-order valence-corrected chi connectivity index (χ1v) is 6.72. The molecule has 1 saturated carbocycles. The number of carbonyl (C=O) groups is 1. The normalized spacial score (nSPS) is 28.4. The highest BCUT2D eigenvalue weighted by Crippen LogP contribution is 2.42. The molecular weight excluding hydrogens is 214 g/mol. The van der Waals surface area contributed by atoms with Gasteiger partial charge in [-0.2, -0.15) is 5.26 Å². The second-order valence-electron chi connectivity index (χ2n) is 5.11. The Labute approximate surface area is 104 Å². The Balaban J connectivity index is 2.50. The van der Waals surface area contributed by atoms with Gasteiger partial charge in [-0.1, -0.05) is 19.8 Å². The van der Waals surface area contributed by atoms with Crippen molar-refractivity contribution in [1.82, 2.24) is 0 Å². The molecule has 17 heavy (non-hydrogen) atoms. The Morgan fingerprint density at radius 3 is 2.53 bits per heavy atom. The van der Waals surface area contributed by atoms with Gasteiger partial charge in [-0.25, -0.2) is 0 Å². The molecule has 0 atom stereocenters. The molecule has 0 aliphatic heterocycles. The van der Waals surface area contributed by atoms with Crippen molar-refractivity contribution in [2.75, 3.05) is 6.61 Å². The maximum Gasteiger partial charge on any atom is 0.307 e. The Hall–Kier alpha value is -1.04. The standard InChI is InChI=1S/C14H23NO2/c1-3-5-12-6-8-14(11-15,9-7-12)10-13(16)17-4-2/h12H,3-10H2,1-2H3/t12-,14-. The first-order chi connectivity index (χ1) is 8.15. The second-order valence-corrected chi connectivity index (χ2v) is 5.11. The van der Waals surface area contributed by atoms with Crippen molar-refractivity contribution >= 4 is 5.97 Å². The van der Waals surface area contributed by atoms with E-state index in [0.717, 1.165) is 31.6 Å². The van der Waals surface area contributed by atoms with Crippen LogP contribution in [-0.4, -0.2) is 12.6 Å². The first kappa shape index (κ1) is 14.0. The van der Waals surface area contributed by atoms with Crippen molar-refractivity contribution in [2.24, 2.45) is 11.3 Å². The van der Waals surface area contributed by atoms with Crippen molar-refractivity contribution < 1.29 is 9.53 Å². The van der Waals surface area contributed by atoms with Crippen LogP contribution in [0.15, 0.2) is 0 Å². The molecule has 0 aromatic carbocycles. The van der Waals surface area contributed by atoms with Crippen LogP contribution in [0.1, 0.15) is 58.8 Å². The number of rotatable bonds is 5. The minimum absolute atomic E-state index is 0.219. The molecule has 0 unspecified atom stereocenters. The summed E-state index contributed by atoms with van der Waals surface area (Å²) in [7, 11) is 0. The SMILES string of the molecule is CCC[C@H]1CC[C@@](C#N)(CC(=O)OCC)CC1. The molecule has 0 bridgehead atoms. The largest absolute Gasteiger partial charge is 0.466 e. The van der Waals surface area contributed by atoms with Gasteiger partial charge in [-0.3, -0.25) is 4.79 Å². The van der Waals surface area contributed by atoms with E-state index >= 15 is 0 Å². The Morgan fingerprint density at radius 2 is 2.06 bits per heavy atom. The minimum atomic E-state index is -0.448. The molecule has 0 radical (unpaired) electrons. The van der Waals surface area contributed by atoms with Gasteiger partial charge in [-0.05, 0) is 38.5 Å². The fourth-order valence-corrected chi connectivity index (χ4v) is 2.74. The molecule has 0 aromatic rings. The van der Waals surface area contributed by atoms with Gasteiger partial charge in [0.1, 0.15) is 0 Å². The van der Waals surface area contributed by atoms with Crippen molar-refractivity contribution in [3.05, 3.63) is 0 Å². The molecule has 0 N–H and O–H groups in total. The quantitative estimate of drug-likeness (QED) is 0.688. The van der Waals surface area contributed by atoms with E-state index in [9.17, 15) is 10.1 Å². The predicted octanol–water partition coefficient (Wildman–Crippen LogP) is 3.44. The number of hydrogen-bond donors (Lipinski definition) is 0. The van der Waals surface area contributed by atoms with Gasteiger partial charge in [0.2, 0.25) is 0 Å². The van der Waals surface area contributed by atoms with Crippen LogP contribution < -0.4 is 0 Å². The molecule has 3 nitrogen and oxygen atoms in total. The van der Waals surface area contributed by atoms with Gasteiger partial charge in [-0.15, -0.1) is 0 Å². The molecule has 96 valence electrons. The van der Waals surface area contributed by atoms with Crippen molar-refractivity contribution in [2.45, 2.75) is 58.8 Å². The van der Waals surface area contributed by atoms with Crippen molar-refractivity contribution in [1.29, 1.82) is 5.26 Å². The molecule has 1 fully saturated rings. The number of nitriles is 1. The third-order valence-electron chi connectivity index (χ3n) is 3.78. The summed E-state index contributed by atoms with van der Waals surface area (Å²) in [5, 5.41) is 9.32. The van der Waals surface area contributed by atoms with Gasteiger partial charge in [0.05, 0.1) is 24.5 Å². The van der Waals surface area contributed by atoms with E-state index < -0.39 is 5.41 Å². The highest BCUT2D eigenvalue weighted by molar-refractivity contribution is 5.70. The monoisotopic (exact) mass is 237 g/mol. The smallest absolute Gasteiger partial charge is 0.307 e. The summed E-state index contributed by atoms with van der Waals surface area (Å²) >= 11 is 0. The lowest BCUT2D eigenvalue weighted by Crippen LogP contribution is -2.29.